The van der Waals surface area contributed by atoms with Gasteiger partial charge in [-0.15, -0.1) is 0 Å². The Hall–Kier alpha value is -2.75. The molecule has 7 nitrogen and oxygen atoms in total. The molecule has 1 heterocycles. The summed E-state index contributed by atoms with van der Waals surface area (Å²) in [5.74, 6) is -0.550. The van der Waals surface area contributed by atoms with Crippen LogP contribution in [0, 0.1) is 0 Å². The Morgan fingerprint density at radius 2 is 1.85 bits per heavy atom. The van der Waals surface area contributed by atoms with E-state index in [4.69, 9.17) is 28.8 Å². The zero-order valence-corrected chi connectivity index (χ0v) is 14.8. The third-order valence-electron chi connectivity index (χ3n) is 4.10. The van der Waals surface area contributed by atoms with Crippen LogP contribution in [-0.4, -0.2) is 21.7 Å². The number of nitrogens with two attached hydrogens (primary N) is 3. The number of hydrogen-bond acceptors (Lipinski definition) is 2. The molecule has 0 radical (unpaired) electrons. The lowest BCUT2D eigenvalue weighted by Gasteiger charge is -2.16. The molecular formula is C16H17ClF3N7. The Balaban J connectivity index is 2.24. The van der Waals surface area contributed by atoms with E-state index in [9.17, 15) is 13.2 Å². The van der Waals surface area contributed by atoms with Crippen LogP contribution in [0.5, 0.6) is 0 Å². The number of rotatable bonds is 2. The molecule has 11 heteroatoms. The molecule has 1 aromatic carbocycles. The molecule has 1 aromatic heterocycles. The second-order valence-electron chi connectivity index (χ2n) is 6.00. The number of aromatic nitrogens is 2. The van der Waals surface area contributed by atoms with Crippen LogP contribution < -0.4 is 17.2 Å². The molecule has 0 aliphatic heterocycles. The Morgan fingerprint density at radius 1 is 1.15 bits per heavy atom. The smallest absolute Gasteiger partial charge is 0.370 e. The number of para-hydroxylation sites is 1. The van der Waals surface area contributed by atoms with Gasteiger partial charge in [0.1, 0.15) is 5.69 Å². The fourth-order valence-corrected chi connectivity index (χ4v) is 3.35. The van der Waals surface area contributed by atoms with Crippen LogP contribution in [0.3, 0.4) is 0 Å². The van der Waals surface area contributed by atoms with Gasteiger partial charge in [-0.1, -0.05) is 17.7 Å². The lowest BCUT2D eigenvalue weighted by molar-refractivity contribution is -0.142. The highest BCUT2D eigenvalue weighted by Crippen LogP contribution is 2.39. The van der Waals surface area contributed by atoms with Gasteiger partial charge in [-0.3, -0.25) is 0 Å². The largest absolute Gasteiger partial charge is 0.435 e. The molecule has 0 saturated heterocycles. The summed E-state index contributed by atoms with van der Waals surface area (Å²) in [5, 5.41) is 4.01. The highest BCUT2D eigenvalue weighted by molar-refractivity contribution is 6.33. The first-order valence-corrected chi connectivity index (χ1v) is 8.47. The third kappa shape index (κ3) is 3.85. The number of fused-ring (bicyclic) bond motifs is 1. The molecule has 144 valence electrons. The summed E-state index contributed by atoms with van der Waals surface area (Å²) in [5.41, 5.74) is 16.4. The highest BCUT2D eigenvalue weighted by atomic mass is 35.5. The van der Waals surface area contributed by atoms with Crippen molar-refractivity contribution >= 4 is 29.2 Å². The van der Waals surface area contributed by atoms with Crippen molar-refractivity contribution in [3.63, 3.8) is 0 Å². The molecule has 0 spiro atoms. The van der Waals surface area contributed by atoms with Crippen molar-refractivity contribution in [3.8, 4) is 5.69 Å². The van der Waals surface area contributed by atoms with E-state index in [0.717, 1.165) is 6.42 Å². The van der Waals surface area contributed by atoms with Crippen LogP contribution in [0.1, 0.15) is 29.8 Å². The normalized spacial score (nSPS) is 14.7. The van der Waals surface area contributed by atoms with Crippen LogP contribution in [-0.2, 0) is 19.0 Å². The Bertz CT molecular complexity index is 927. The van der Waals surface area contributed by atoms with E-state index in [1.54, 1.807) is 12.1 Å². The van der Waals surface area contributed by atoms with Gasteiger partial charge in [0.05, 0.1) is 10.7 Å². The van der Waals surface area contributed by atoms with E-state index in [2.05, 4.69) is 15.1 Å². The van der Waals surface area contributed by atoms with Crippen molar-refractivity contribution in [3.05, 3.63) is 40.2 Å². The van der Waals surface area contributed by atoms with Gasteiger partial charge < -0.3 is 17.2 Å². The predicted octanol–water partition coefficient (Wildman–Crippen LogP) is 2.64. The molecule has 0 saturated carbocycles. The van der Waals surface area contributed by atoms with Gasteiger partial charge in [0.2, 0.25) is 5.96 Å². The summed E-state index contributed by atoms with van der Waals surface area (Å²) < 4.78 is 41.6. The highest BCUT2D eigenvalue weighted by Gasteiger charge is 2.40. The van der Waals surface area contributed by atoms with Crippen LogP contribution >= 0.6 is 11.6 Å². The van der Waals surface area contributed by atoms with Gasteiger partial charge >= 0.3 is 6.18 Å². The van der Waals surface area contributed by atoms with Gasteiger partial charge in [-0.05, 0) is 37.8 Å². The number of hydrogen-bond donors (Lipinski definition) is 3. The molecule has 0 fully saturated rings. The molecule has 27 heavy (non-hydrogen) atoms. The van der Waals surface area contributed by atoms with E-state index >= 15 is 0 Å². The predicted molar refractivity (Wildman–Crippen MR) is 97.3 cm³/mol. The summed E-state index contributed by atoms with van der Waals surface area (Å²) in [6.07, 6.45) is -2.36. The minimum absolute atomic E-state index is 0.179. The minimum atomic E-state index is -4.56. The number of aliphatic imine (C=N–C) groups is 2. The lowest BCUT2D eigenvalue weighted by Crippen LogP contribution is -2.26. The molecular weight excluding hydrogens is 383 g/mol. The number of benzene rings is 1. The number of nitrogens with zero attached hydrogens (tertiary/aromatic N) is 4. The molecule has 0 unspecified atom stereocenters. The SMILES string of the molecule is NC(N)=NC(N)=Nc1cccc(Cl)c1-n1nc(C(F)(F)F)c2c1CCCC2. The fourth-order valence-electron chi connectivity index (χ4n) is 3.10. The van der Waals surface area contributed by atoms with E-state index in [-0.39, 0.29) is 33.9 Å². The standard InChI is InChI=1S/C16H17ClF3N7/c17-9-5-3-6-10(24-15(23)25-14(21)22)12(9)27-11-7-2-1-4-8(11)13(26-27)16(18,19)20/h3,5-6H,1-2,4,7H2,(H6,21,22,23,24,25). The first-order valence-electron chi connectivity index (χ1n) is 8.09. The zero-order valence-electron chi connectivity index (χ0n) is 14.1. The van der Waals surface area contributed by atoms with Gasteiger partial charge in [0, 0.05) is 11.3 Å². The van der Waals surface area contributed by atoms with Gasteiger partial charge in [0.15, 0.2) is 11.7 Å². The lowest BCUT2D eigenvalue weighted by atomic mass is 9.95. The maximum Gasteiger partial charge on any atom is 0.435 e. The molecule has 1 aliphatic carbocycles. The molecule has 0 bridgehead atoms. The van der Waals surface area contributed by atoms with Gasteiger partial charge in [0.25, 0.3) is 0 Å². The maximum atomic E-state index is 13.5. The van der Waals surface area contributed by atoms with Crippen molar-refractivity contribution < 1.29 is 13.2 Å². The fraction of sp³-hybridized carbons (Fsp3) is 0.312. The van der Waals surface area contributed by atoms with E-state index in [0.29, 0.717) is 25.0 Å². The quantitative estimate of drug-likeness (QED) is 0.531. The van der Waals surface area contributed by atoms with Gasteiger partial charge in [-0.25, -0.2) is 9.67 Å². The van der Waals surface area contributed by atoms with Crippen LogP contribution in [0.2, 0.25) is 5.02 Å². The van der Waals surface area contributed by atoms with Crippen molar-refractivity contribution in [1.82, 2.24) is 9.78 Å². The second kappa shape index (κ2) is 7.10. The zero-order chi connectivity index (χ0) is 19.8. The summed E-state index contributed by atoms with van der Waals surface area (Å²) in [6, 6.07) is 4.67. The van der Waals surface area contributed by atoms with Crippen molar-refractivity contribution in [2.24, 2.45) is 27.2 Å². The summed E-state index contributed by atoms with van der Waals surface area (Å²) in [6.45, 7) is 0. The van der Waals surface area contributed by atoms with E-state index in [1.165, 1.54) is 10.7 Å². The number of alkyl halides is 3. The second-order valence-corrected chi connectivity index (χ2v) is 6.41. The average Bonchev–Trinajstić information content (AvgIpc) is 2.94. The first kappa shape index (κ1) is 19.0. The van der Waals surface area contributed by atoms with Gasteiger partial charge in [-0.2, -0.15) is 23.3 Å². The van der Waals surface area contributed by atoms with Crippen molar-refractivity contribution in [2.45, 2.75) is 31.9 Å². The van der Waals surface area contributed by atoms with Crippen LogP contribution in [0.25, 0.3) is 5.69 Å². The third-order valence-corrected chi connectivity index (χ3v) is 4.41. The van der Waals surface area contributed by atoms with E-state index < -0.39 is 11.9 Å². The van der Waals surface area contributed by atoms with Crippen LogP contribution in [0.15, 0.2) is 28.2 Å². The van der Waals surface area contributed by atoms with Crippen molar-refractivity contribution in [2.75, 3.05) is 0 Å². The monoisotopic (exact) mass is 399 g/mol. The van der Waals surface area contributed by atoms with Crippen molar-refractivity contribution in [1.29, 1.82) is 0 Å². The molecule has 3 rings (SSSR count). The average molecular weight is 400 g/mol. The topological polar surface area (TPSA) is 121 Å². The molecule has 1 aliphatic rings. The Kier molecular flexibility index (Phi) is 5.01. The minimum Gasteiger partial charge on any atom is -0.370 e. The van der Waals surface area contributed by atoms with Crippen LogP contribution in [0.4, 0.5) is 18.9 Å². The summed E-state index contributed by atoms with van der Waals surface area (Å²) in [4.78, 5) is 7.69. The number of guanidine groups is 2. The Labute approximate surface area is 157 Å². The molecule has 0 amide bonds. The molecule has 0 atom stereocenters. The summed E-state index contributed by atoms with van der Waals surface area (Å²) >= 11 is 6.28. The number of halogens is 4. The molecule has 6 N–H and O–H groups in total. The Morgan fingerprint density at radius 3 is 2.52 bits per heavy atom. The summed E-state index contributed by atoms with van der Waals surface area (Å²) in [7, 11) is 0. The molecule has 2 aromatic rings. The first-order chi connectivity index (χ1) is 12.7. The maximum absolute atomic E-state index is 13.5. The van der Waals surface area contributed by atoms with E-state index in [1.807, 2.05) is 0 Å².